The molecule has 1 atom stereocenters. The lowest BCUT2D eigenvalue weighted by Gasteiger charge is -2.35. The summed E-state index contributed by atoms with van der Waals surface area (Å²) in [5.41, 5.74) is 1.15. The number of likely N-dealkylation sites (tertiary alicyclic amines) is 1. The topological polar surface area (TPSA) is 49.8 Å². The minimum atomic E-state index is -0.708. The van der Waals surface area contributed by atoms with Crippen molar-refractivity contribution in [3.63, 3.8) is 0 Å². The lowest BCUT2D eigenvalue weighted by atomic mass is 9.98. The molecule has 0 aliphatic carbocycles. The highest BCUT2D eigenvalue weighted by Gasteiger charge is 2.25. The van der Waals surface area contributed by atoms with E-state index >= 15 is 0 Å². The number of hydrogen-bond donors (Lipinski definition) is 1. The first-order valence-electron chi connectivity index (χ1n) is 7.37. The van der Waals surface area contributed by atoms with Crippen LogP contribution in [0.25, 0.3) is 0 Å². The molecule has 4 nitrogen and oxygen atoms in total. The van der Waals surface area contributed by atoms with Gasteiger partial charge in [0.05, 0.1) is 13.0 Å². The van der Waals surface area contributed by atoms with Gasteiger partial charge in [0.25, 0.3) is 0 Å². The Morgan fingerprint density at radius 1 is 1.40 bits per heavy atom. The van der Waals surface area contributed by atoms with E-state index in [0.29, 0.717) is 6.61 Å². The van der Waals surface area contributed by atoms with Crippen molar-refractivity contribution in [3.8, 4) is 5.75 Å². The summed E-state index contributed by atoms with van der Waals surface area (Å²) < 4.78 is 5.65. The second-order valence-corrected chi connectivity index (χ2v) is 5.26. The van der Waals surface area contributed by atoms with E-state index in [4.69, 9.17) is 9.84 Å². The Kier molecular flexibility index (Phi) is 5.41. The molecule has 1 aliphatic heterocycles. The van der Waals surface area contributed by atoms with Crippen LogP contribution in [-0.4, -0.2) is 35.2 Å². The number of carboxylic acid groups (broad SMARTS) is 1. The maximum atomic E-state index is 11.0. The van der Waals surface area contributed by atoms with Crippen molar-refractivity contribution in [2.24, 2.45) is 0 Å². The van der Waals surface area contributed by atoms with E-state index in [-0.39, 0.29) is 12.5 Å². The molecule has 2 rings (SSSR count). The molecule has 1 aromatic rings. The van der Waals surface area contributed by atoms with Crippen LogP contribution in [0.5, 0.6) is 5.75 Å². The molecule has 1 aliphatic rings. The average molecular weight is 277 g/mol. The fourth-order valence-electron chi connectivity index (χ4n) is 2.85. The van der Waals surface area contributed by atoms with Crippen molar-refractivity contribution in [1.82, 2.24) is 4.90 Å². The quantitative estimate of drug-likeness (QED) is 0.868. The van der Waals surface area contributed by atoms with Crippen molar-refractivity contribution in [3.05, 3.63) is 29.8 Å². The van der Waals surface area contributed by atoms with Gasteiger partial charge < -0.3 is 9.84 Å². The van der Waals surface area contributed by atoms with Gasteiger partial charge in [0.1, 0.15) is 5.75 Å². The molecule has 1 N–H and O–H groups in total. The van der Waals surface area contributed by atoms with E-state index in [0.717, 1.165) is 43.7 Å². The number of ether oxygens (including phenoxy) is 1. The first-order valence-corrected chi connectivity index (χ1v) is 7.37. The normalized spacial score (nSPS) is 19.8. The summed E-state index contributed by atoms with van der Waals surface area (Å²) in [4.78, 5) is 13.3. The van der Waals surface area contributed by atoms with Gasteiger partial charge in [-0.25, -0.2) is 0 Å². The number of carboxylic acids is 1. The molecular weight excluding hydrogens is 254 g/mol. The Hall–Kier alpha value is -1.55. The van der Waals surface area contributed by atoms with Crippen molar-refractivity contribution in [2.45, 2.75) is 45.2 Å². The second-order valence-electron chi connectivity index (χ2n) is 5.26. The summed E-state index contributed by atoms with van der Waals surface area (Å²) in [6.07, 6.45) is 3.48. The van der Waals surface area contributed by atoms with Gasteiger partial charge in [-0.2, -0.15) is 0 Å². The van der Waals surface area contributed by atoms with E-state index in [2.05, 4.69) is 11.0 Å². The molecule has 20 heavy (non-hydrogen) atoms. The molecule has 110 valence electrons. The van der Waals surface area contributed by atoms with Gasteiger partial charge >= 0.3 is 5.97 Å². The van der Waals surface area contributed by atoms with Crippen LogP contribution in [0, 0.1) is 0 Å². The van der Waals surface area contributed by atoms with Crippen molar-refractivity contribution >= 4 is 5.97 Å². The number of aliphatic carboxylic acids is 1. The Bertz CT molecular complexity index is 447. The van der Waals surface area contributed by atoms with Crippen LogP contribution in [0.1, 0.15) is 38.2 Å². The molecule has 1 aromatic carbocycles. The van der Waals surface area contributed by atoms with Crippen LogP contribution in [0.4, 0.5) is 0 Å². The van der Waals surface area contributed by atoms with Crippen LogP contribution in [0.2, 0.25) is 0 Å². The predicted octanol–water partition coefficient (Wildman–Crippen LogP) is 2.91. The first kappa shape index (κ1) is 14.9. The summed E-state index contributed by atoms with van der Waals surface area (Å²) in [7, 11) is 0. The molecule has 0 bridgehead atoms. The fourth-order valence-corrected chi connectivity index (χ4v) is 2.85. The molecule has 1 unspecified atom stereocenters. The van der Waals surface area contributed by atoms with Gasteiger partial charge in [-0.15, -0.1) is 0 Å². The van der Waals surface area contributed by atoms with E-state index in [1.54, 1.807) is 0 Å². The fraction of sp³-hybridized carbons (Fsp3) is 0.562. The van der Waals surface area contributed by atoms with Crippen molar-refractivity contribution in [1.29, 1.82) is 0 Å². The molecule has 0 saturated carbocycles. The van der Waals surface area contributed by atoms with Crippen molar-refractivity contribution < 1.29 is 14.6 Å². The van der Waals surface area contributed by atoms with Crippen molar-refractivity contribution in [2.75, 3.05) is 13.2 Å². The van der Waals surface area contributed by atoms with E-state index in [1.807, 2.05) is 25.1 Å². The Balaban J connectivity index is 2.08. The van der Waals surface area contributed by atoms with Crippen LogP contribution in [0.3, 0.4) is 0 Å². The summed E-state index contributed by atoms with van der Waals surface area (Å²) in [5.74, 6) is 0.203. The van der Waals surface area contributed by atoms with Gasteiger partial charge in [0.15, 0.2) is 0 Å². The van der Waals surface area contributed by atoms with Gasteiger partial charge in [-0.3, -0.25) is 9.69 Å². The minimum absolute atomic E-state index is 0.149. The van der Waals surface area contributed by atoms with E-state index in [1.165, 1.54) is 0 Å². The number of hydrogen-bond acceptors (Lipinski definition) is 3. The zero-order valence-electron chi connectivity index (χ0n) is 12.0. The monoisotopic (exact) mass is 277 g/mol. The molecule has 0 aromatic heterocycles. The number of nitrogens with zero attached hydrogens (tertiary/aromatic N) is 1. The van der Waals surface area contributed by atoms with Gasteiger partial charge in [-0.1, -0.05) is 24.6 Å². The van der Waals surface area contributed by atoms with E-state index < -0.39 is 5.97 Å². The minimum Gasteiger partial charge on any atom is -0.494 e. The highest BCUT2D eigenvalue weighted by atomic mass is 16.5. The number of piperidine rings is 1. The summed E-state index contributed by atoms with van der Waals surface area (Å²) in [5, 5.41) is 9.04. The number of benzene rings is 1. The Morgan fingerprint density at radius 2 is 2.20 bits per heavy atom. The van der Waals surface area contributed by atoms with Gasteiger partial charge in [0, 0.05) is 18.2 Å². The van der Waals surface area contributed by atoms with E-state index in [9.17, 15) is 4.79 Å². The molecule has 0 amide bonds. The Morgan fingerprint density at radius 3 is 2.95 bits per heavy atom. The highest BCUT2D eigenvalue weighted by molar-refractivity contribution is 5.67. The molecule has 0 radical (unpaired) electrons. The number of carbonyl (C=O) groups is 1. The summed E-state index contributed by atoms with van der Waals surface area (Å²) in [6, 6.07) is 8.18. The third-order valence-corrected chi connectivity index (χ3v) is 3.81. The Labute approximate surface area is 120 Å². The number of para-hydroxylation sites is 1. The smallest absolute Gasteiger partial charge is 0.304 e. The molecule has 1 fully saturated rings. The molecule has 1 heterocycles. The summed E-state index contributed by atoms with van der Waals surface area (Å²) >= 11 is 0. The lowest BCUT2D eigenvalue weighted by Crippen LogP contribution is -2.40. The third kappa shape index (κ3) is 3.97. The average Bonchev–Trinajstić information content (AvgIpc) is 2.43. The zero-order chi connectivity index (χ0) is 14.4. The van der Waals surface area contributed by atoms with Crippen LogP contribution in [0.15, 0.2) is 24.3 Å². The standard InChI is InChI=1S/C16H23NO3/c1-2-20-15-9-4-3-7-13(15)12-17-10-6-5-8-14(17)11-16(18)19/h3-4,7,9,14H,2,5-6,8,10-12H2,1H3,(H,18,19). The van der Waals surface area contributed by atoms with Crippen LogP contribution < -0.4 is 4.74 Å². The van der Waals surface area contributed by atoms with Gasteiger partial charge in [0.2, 0.25) is 0 Å². The molecule has 4 heteroatoms. The maximum Gasteiger partial charge on any atom is 0.304 e. The maximum absolute atomic E-state index is 11.0. The SMILES string of the molecule is CCOc1ccccc1CN1CCCCC1CC(=O)O. The summed E-state index contributed by atoms with van der Waals surface area (Å²) in [6.45, 7) is 4.37. The second kappa shape index (κ2) is 7.29. The molecule has 1 saturated heterocycles. The highest BCUT2D eigenvalue weighted by Crippen LogP contribution is 2.26. The lowest BCUT2D eigenvalue weighted by molar-refractivity contribution is -0.138. The van der Waals surface area contributed by atoms with Gasteiger partial charge in [-0.05, 0) is 32.4 Å². The van der Waals surface area contributed by atoms with Crippen LogP contribution >= 0.6 is 0 Å². The molecular formula is C16H23NO3. The largest absolute Gasteiger partial charge is 0.494 e. The van der Waals surface area contributed by atoms with Crippen LogP contribution in [-0.2, 0) is 11.3 Å². The first-order chi connectivity index (χ1) is 9.70. The predicted molar refractivity (Wildman–Crippen MR) is 77.9 cm³/mol. The zero-order valence-corrected chi connectivity index (χ0v) is 12.0. The molecule has 0 spiro atoms. The number of rotatable bonds is 6. The third-order valence-electron chi connectivity index (χ3n) is 3.81.